The lowest BCUT2D eigenvalue weighted by Gasteiger charge is -2.27. The third-order valence-electron chi connectivity index (χ3n) is 4.56. The van der Waals surface area contributed by atoms with Gasteiger partial charge in [-0.3, -0.25) is 0 Å². The Morgan fingerprint density at radius 1 is 0.920 bits per heavy atom. The summed E-state index contributed by atoms with van der Waals surface area (Å²) in [7, 11) is 1.87. The molecule has 3 aromatic rings. The third kappa shape index (κ3) is 2.28. The number of hydrazone groups is 1. The summed E-state index contributed by atoms with van der Waals surface area (Å²) in [4.78, 5) is 9.58. The zero-order chi connectivity index (χ0) is 16.8. The number of fused-ring (bicyclic) bond motifs is 2. The second-order valence-corrected chi connectivity index (χ2v) is 6.23. The van der Waals surface area contributed by atoms with Crippen LogP contribution in [0.4, 0.5) is 11.6 Å². The Labute approximate surface area is 145 Å². The number of para-hydroxylation sites is 2. The Morgan fingerprint density at radius 2 is 1.64 bits per heavy atom. The van der Waals surface area contributed by atoms with Gasteiger partial charge in [0.05, 0.1) is 22.9 Å². The maximum atomic E-state index is 4.86. The monoisotopic (exact) mass is 327 g/mol. The molecule has 5 heteroatoms. The number of allylic oxidation sites excluding steroid dienone is 1. The lowest BCUT2D eigenvalue weighted by molar-refractivity contribution is 1.03. The van der Waals surface area contributed by atoms with Crippen LogP contribution in [0, 0.1) is 0 Å². The van der Waals surface area contributed by atoms with E-state index in [1.54, 1.807) is 0 Å². The molecule has 2 aromatic carbocycles. The Kier molecular flexibility index (Phi) is 3.06. The highest BCUT2D eigenvalue weighted by Gasteiger charge is 2.30. The van der Waals surface area contributed by atoms with E-state index >= 15 is 0 Å². The van der Waals surface area contributed by atoms with Crippen LogP contribution < -0.4 is 10.3 Å². The minimum absolute atomic E-state index is 0.731. The van der Waals surface area contributed by atoms with E-state index < -0.39 is 0 Å². The molecule has 0 radical (unpaired) electrons. The van der Waals surface area contributed by atoms with Crippen molar-refractivity contribution >= 4 is 34.6 Å². The number of benzene rings is 2. The molecular formula is C20H17N5. The van der Waals surface area contributed by atoms with Gasteiger partial charge in [-0.05, 0) is 30.5 Å². The fourth-order valence-electron chi connectivity index (χ4n) is 3.22. The second-order valence-electron chi connectivity index (χ2n) is 6.23. The molecule has 1 fully saturated rings. The standard InChI is InChI=1S/C20H17N5/c1-21-19-20(24-17-9-5-4-8-16(17)23-19)25-18(13-10-11-13)15-7-3-2-6-14(15)12-22-25/h2-9,12H,10-11H2,1H3,(H,21,23). The molecule has 2 aliphatic rings. The first-order chi connectivity index (χ1) is 12.3. The number of hydrogen-bond acceptors (Lipinski definition) is 5. The van der Waals surface area contributed by atoms with Crippen molar-refractivity contribution in [3.05, 3.63) is 65.2 Å². The molecule has 0 saturated heterocycles. The summed E-state index contributed by atoms with van der Waals surface area (Å²) in [6.07, 6.45) is 4.13. The number of aromatic nitrogens is 2. The van der Waals surface area contributed by atoms with Gasteiger partial charge >= 0.3 is 0 Å². The van der Waals surface area contributed by atoms with Gasteiger partial charge in [-0.1, -0.05) is 36.4 Å². The highest BCUT2D eigenvalue weighted by molar-refractivity contribution is 5.99. The van der Waals surface area contributed by atoms with Crippen molar-refractivity contribution < 1.29 is 0 Å². The first-order valence-electron chi connectivity index (χ1n) is 8.45. The van der Waals surface area contributed by atoms with Crippen LogP contribution in [0.3, 0.4) is 0 Å². The van der Waals surface area contributed by atoms with E-state index in [-0.39, 0.29) is 0 Å². The van der Waals surface area contributed by atoms with Gasteiger partial charge < -0.3 is 5.32 Å². The molecule has 122 valence electrons. The van der Waals surface area contributed by atoms with Crippen LogP contribution >= 0.6 is 0 Å². The summed E-state index contributed by atoms with van der Waals surface area (Å²) in [5.74, 6) is 1.47. The molecule has 0 bridgehead atoms. The van der Waals surface area contributed by atoms with E-state index in [1.165, 1.54) is 11.1 Å². The summed E-state index contributed by atoms with van der Waals surface area (Å²) in [5, 5.41) is 9.82. The van der Waals surface area contributed by atoms with Crippen molar-refractivity contribution in [2.75, 3.05) is 17.4 Å². The zero-order valence-electron chi connectivity index (χ0n) is 13.9. The predicted octanol–water partition coefficient (Wildman–Crippen LogP) is 4.03. The molecule has 0 amide bonds. The van der Waals surface area contributed by atoms with Gasteiger partial charge in [0.15, 0.2) is 11.6 Å². The van der Waals surface area contributed by atoms with Gasteiger partial charge in [0.2, 0.25) is 0 Å². The van der Waals surface area contributed by atoms with Crippen molar-refractivity contribution in [1.29, 1.82) is 0 Å². The molecule has 1 aliphatic heterocycles. The third-order valence-corrected chi connectivity index (χ3v) is 4.56. The van der Waals surface area contributed by atoms with E-state index in [4.69, 9.17) is 15.1 Å². The van der Waals surface area contributed by atoms with Crippen LogP contribution in [0.5, 0.6) is 0 Å². The number of nitrogens with zero attached hydrogens (tertiary/aromatic N) is 4. The maximum Gasteiger partial charge on any atom is 0.197 e. The smallest absolute Gasteiger partial charge is 0.197 e. The lowest BCUT2D eigenvalue weighted by atomic mass is 10.0. The van der Waals surface area contributed by atoms with Gasteiger partial charge in [0.25, 0.3) is 0 Å². The molecule has 0 unspecified atom stereocenters. The Hall–Kier alpha value is -3.21. The van der Waals surface area contributed by atoms with Crippen LogP contribution in [0.1, 0.15) is 24.0 Å². The van der Waals surface area contributed by atoms with Crippen LogP contribution in [-0.2, 0) is 0 Å². The van der Waals surface area contributed by atoms with E-state index in [1.807, 2.05) is 48.6 Å². The summed E-state index contributed by atoms with van der Waals surface area (Å²) in [5.41, 5.74) is 6.67. The van der Waals surface area contributed by atoms with Crippen molar-refractivity contribution in [3.8, 4) is 0 Å². The molecule has 0 spiro atoms. The number of nitrogens with one attached hydrogen (secondary N) is 1. The Balaban J connectivity index is 1.74. The van der Waals surface area contributed by atoms with Crippen LogP contribution in [0.2, 0.25) is 0 Å². The molecule has 5 rings (SSSR count). The summed E-state index contributed by atoms with van der Waals surface area (Å²) in [6, 6.07) is 16.3. The average molecular weight is 327 g/mol. The predicted molar refractivity (Wildman–Crippen MR) is 102 cm³/mol. The van der Waals surface area contributed by atoms with E-state index in [0.29, 0.717) is 0 Å². The van der Waals surface area contributed by atoms with Gasteiger partial charge in [-0.2, -0.15) is 5.10 Å². The molecule has 1 aliphatic carbocycles. The average Bonchev–Trinajstić information content (AvgIpc) is 3.51. The normalized spacial score (nSPS) is 15.5. The molecule has 1 saturated carbocycles. The van der Waals surface area contributed by atoms with E-state index in [0.717, 1.165) is 46.8 Å². The van der Waals surface area contributed by atoms with E-state index in [9.17, 15) is 0 Å². The Bertz CT molecular complexity index is 1040. The topological polar surface area (TPSA) is 53.4 Å². The number of hydrogen-bond donors (Lipinski definition) is 1. The van der Waals surface area contributed by atoms with Gasteiger partial charge in [0, 0.05) is 18.2 Å². The molecule has 0 atom stereocenters. The number of rotatable bonds is 2. The fourth-order valence-corrected chi connectivity index (χ4v) is 3.22. The summed E-state index contributed by atoms with van der Waals surface area (Å²) < 4.78 is 0. The maximum absolute atomic E-state index is 4.86. The molecule has 5 nitrogen and oxygen atoms in total. The van der Waals surface area contributed by atoms with E-state index in [2.05, 4.69) is 23.5 Å². The summed E-state index contributed by atoms with van der Waals surface area (Å²) >= 11 is 0. The zero-order valence-corrected chi connectivity index (χ0v) is 13.9. The first kappa shape index (κ1) is 14.2. The largest absolute Gasteiger partial charge is 0.370 e. The first-order valence-corrected chi connectivity index (χ1v) is 8.45. The highest BCUT2D eigenvalue weighted by Crippen LogP contribution is 2.43. The molecule has 25 heavy (non-hydrogen) atoms. The molecular weight excluding hydrogens is 310 g/mol. The minimum Gasteiger partial charge on any atom is -0.370 e. The van der Waals surface area contributed by atoms with Crippen LogP contribution in [0.25, 0.3) is 16.7 Å². The lowest BCUT2D eigenvalue weighted by Crippen LogP contribution is -2.22. The highest BCUT2D eigenvalue weighted by atomic mass is 15.5. The number of anilines is 2. The van der Waals surface area contributed by atoms with Crippen LogP contribution in [0.15, 0.2) is 59.2 Å². The SMILES string of the molecule is CNc1nc2ccccc2nc1N1N=Cc2ccccc2C1=C1CC1. The van der Waals surface area contributed by atoms with Gasteiger partial charge in [-0.25, -0.2) is 15.0 Å². The van der Waals surface area contributed by atoms with Crippen molar-refractivity contribution in [2.24, 2.45) is 5.10 Å². The molecule has 1 aromatic heterocycles. The van der Waals surface area contributed by atoms with Gasteiger partial charge in [-0.15, -0.1) is 0 Å². The quantitative estimate of drug-likeness (QED) is 0.772. The molecule has 2 heterocycles. The van der Waals surface area contributed by atoms with Gasteiger partial charge in [0.1, 0.15) is 0 Å². The van der Waals surface area contributed by atoms with Crippen molar-refractivity contribution in [3.63, 3.8) is 0 Å². The Morgan fingerprint density at radius 3 is 2.40 bits per heavy atom. The second kappa shape index (κ2) is 5.41. The minimum atomic E-state index is 0.731. The van der Waals surface area contributed by atoms with Crippen LogP contribution in [-0.4, -0.2) is 23.2 Å². The van der Waals surface area contributed by atoms with Crippen molar-refractivity contribution in [1.82, 2.24) is 9.97 Å². The van der Waals surface area contributed by atoms with Crippen molar-refractivity contribution in [2.45, 2.75) is 12.8 Å². The fraction of sp³-hybridized carbons (Fsp3) is 0.150. The molecule has 1 N–H and O–H groups in total. The summed E-state index contributed by atoms with van der Waals surface area (Å²) in [6.45, 7) is 0.